The van der Waals surface area contributed by atoms with Crippen LogP contribution in [0.2, 0.25) is 0 Å². The highest BCUT2D eigenvalue weighted by Gasteiger charge is 2.42. The third-order valence-electron chi connectivity index (χ3n) is 4.45. The number of ether oxygens (including phenoxy) is 2. The van der Waals surface area contributed by atoms with Crippen molar-refractivity contribution in [2.75, 3.05) is 0 Å². The molecule has 0 bridgehead atoms. The van der Waals surface area contributed by atoms with Crippen molar-refractivity contribution in [1.29, 1.82) is 0 Å². The van der Waals surface area contributed by atoms with E-state index in [1.165, 1.54) is 57.8 Å². The lowest BCUT2D eigenvalue weighted by Gasteiger charge is -2.13. The summed E-state index contributed by atoms with van der Waals surface area (Å²) < 4.78 is 11.2. The van der Waals surface area contributed by atoms with Crippen LogP contribution in [0.25, 0.3) is 0 Å². The highest BCUT2D eigenvalue weighted by atomic mass is 16.7. The van der Waals surface area contributed by atoms with E-state index in [4.69, 9.17) is 9.47 Å². The van der Waals surface area contributed by atoms with Crippen molar-refractivity contribution in [1.82, 2.24) is 0 Å². The van der Waals surface area contributed by atoms with Crippen LogP contribution < -0.4 is 0 Å². The van der Waals surface area contributed by atoms with Gasteiger partial charge < -0.3 is 14.6 Å². The molecule has 2 fully saturated rings. The first-order valence-corrected chi connectivity index (χ1v) is 8.28. The SMILES string of the molecule is CCCCCCCCCC[C@@H]1C[C@@H]2C[C@@H](O)O[C@H]2O1. The van der Waals surface area contributed by atoms with Gasteiger partial charge in [0, 0.05) is 12.3 Å². The predicted octanol–water partition coefficient (Wildman–Crippen LogP) is 3.99. The Labute approximate surface area is 117 Å². The van der Waals surface area contributed by atoms with Crippen molar-refractivity contribution in [2.45, 2.75) is 96.2 Å². The minimum Gasteiger partial charge on any atom is -0.368 e. The Morgan fingerprint density at radius 3 is 2.26 bits per heavy atom. The predicted molar refractivity (Wildman–Crippen MR) is 75.7 cm³/mol. The van der Waals surface area contributed by atoms with Gasteiger partial charge in [-0.2, -0.15) is 0 Å². The maximum absolute atomic E-state index is 9.35. The number of fused-ring (bicyclic) bond motifs is 1. The molecule has 0 aromatic heterocycles. The van der Waals surface area contributed by atoms with E-state index >= 15 is 0 Å². The zero-order valence-corrected chi connectivity index (χ0v) is 12.4. The van der Waals surface area contributed by atoms with Crippen LogP contribution in [-0.4, -0.2) is 23.8 Å². The zero-order valence-electron chi connectivity index (χ0n) is 12.4. The molecule has 1 N–H and O–H groups in total. The van der Waals surface area contributed by atoms with Gasteiger partial charge in [-0.3, -0.25) is 0 Å². The van der Waals surface area contributed by atoms with E-state index in [9.17, 15) is 5.11 Å². The number of hydrogen-bond acceptors (Lipinski definition) is 3. The van der Waals surface area contributed by atoms with Gasteiger partial charge in [0.15, 0.2) is 12.6 Å². The number of rotatable bonds is 9. The summed E-state index contributed by atoms with van der Waals surface area (Å²) >= 11 is 0. The second-order valence-corrected chi connectivity index (χ2v) is 6.21. The fraction of sp³-hybridized carbons (Fsp3) is 1.00. The van der Waals surface area contributed by atoms with Crippen LogP contribution in [0.4, 0.5) is 0 Å². The highest BCUT2D eigenvalue weighted by Crippen LogP contribution is 2.38. The molecule has 0 aromatic carbocycles. The van der Waals surface area contributed by atoms with E-state index in [-0.39, 0.29) is 6.29 Å². The van der Waals surface area contributed by atoms with E-state index in [1.807, 2.05) is 0 Å². The van der Waals surface area contributed by atoms with Crippen LogP contribution >= 0.6 is 0 Å². The van der Waals surface area contributed by atoms with Gasteiger partial charge >= 0.3 is 0 Å². The fourth-order valence-corrected chi connectivity index (χ4v) is 3.32. The molecule has 112 valence electrons. The van der Waals surface area contributed by atoms with E-state index < -0.39 is 6.29 Å². The first-order valence-electron chi connectivity index (χ1n) is 8.28. The third-order valence-corrected chi connectivity index (χ3v) is 4.45. The first-order chi connectivity index (χ1) is 9.29. The minimum atomic E-state index is -0.584. The topological polar surface area (TPSA) is 38.7 Å². The van der Waals surface area contributed by atoms with Crippen LogP contribution in [0.1, 0.15) is 77.6 Å². The Balaban J connectivity index is 1.43. The molecule has 0 aliphatic carbocycles. The van der Waals surface area contributed by atoms with Crippen molar-refractivity contribution < 1.29 is 14.6 Å². The van der Waals surface area contributed by atoms with E-state index in [2.05, 4.69) is 6.92 Å². The second-order valence-electron chi connectivity index (χ2n) is 6.21. The Morgan fingerprint density at radius 1 is 0.895 bits per heavy atom. The average Bonchev–Trinajstić information content (AvgIpc) is 2.89. The molecule has 2 saturated heterocycles. The standard InChI is InChI=1S/C16H30O3/c1-2-3-4-5-6-7-8-9-10-14-11-13-12-15(17)19-16(13)18-14/h13-17H,2-12H2,1H3/t13-,14-,15+,16-/m1/s1. The molecule has 0 radical (unpaired) electrons. The molecule has 3 heteroatoms. The molecular weight excluding hydrogens is 240 g/mol. The van der Waals surface area contributed by atoms with Gasteiger partial charge in [-0.05, 0) is 12.8 Å². The molecule has 2 heterocycles. The second kappa shape index (κ2) is 8.23. The van der Waals surface area contributed by atoms with Gasteiger partial charge in [0.25, 0.3) is 0 Å². The summed E-state index contributed by atoms with van der Waals surface area (Å²) in [5, 5.41) is 9.35. The van der Waals surface area contributed by atoms with Gasteiger partial charge in [0.1, 0.15) is 0 Å². The highest BCUT2D eigenvalue weighted by molar-refractivity contribution is 4.82. The lowest BCUT2D eigenvalue weighted by molar-refractivity contribution is -0.190. The Kier molecular flexibility index (Phi) is 6.62. The lowest BCUT2D eigenvalue weighted by atomic mass is 9.99. The summed E-state index contributed by atoms with van der Waals surface area (Å²) in [5.74, 6) is 0.439. The van der Waals surface area contributed by atoms with Crippen LogP contribution in [0, 0.1) is 5.92 Å². The maximum atomic E-state index is 9.35. The monoisotopic (exact) mass is 270 g/mol. The number of hydrogen-bond donors (Lipinski definition) is 1. The first kappa shape index (κ1) is 15.3. The normalized spacial score (nSPS) is 33.8. The maximum Gasteiger partial charge on any atom is 0.164 e. The largest absolute Gasteiger partial charge is 0.368 e. The van der Waals surface area contributed by atoms with E-state index in [1.54, 1.807) is 0 Å². The van der Waals surface area contributed by atoms with Crippen LogP contribution in [-0.2, 0) is 9.47 Å². The molecule has 19 heavy (non-hydrogen) atoms. The summed E-state index contributed by atoms with van der Waals surface area (Å²) in [4.78, 5) is 0. The van der Waals surface area contributed by atoms with E-state index in [0.717, 1.165) is 12.8 Å². The van der Waals surface area contributed by atoms with Crippen molar-refractivity contribution in [2.24, 2.45) is 5.92 Å². The molecule has 4 atom stereocenters. The molecule has 3 nitrogen and oxygen atoms in total. The Morgan fingerprint density at radius 2 is 1.58 bits per heavy atom. The van der Waals surface area contributed by atoms with Gasteiger partial charge in [-0.15, -0.1) is 0 Å². The molecule has 0 spiro atoms. The molecule has 0 aromatic rings. The van der Waals surface area contributed by atoms with Gasteiger partial charge in [0.05, 0.1) is 6.10 Å². The Hall–Kier alpha value is -0.120. The third kappa shape index (κ3) is 5.05. The zero-order chi connectivity index (χ0) is 13.5. The van der Waals surface area contributed by atoms with Gasteiger partial charge in [0.2, 0.25) is 0 Å². The lowest BCUT2D eigenvalue weighted by Crippen LogP contribution is -2.16. The van der Waals surface area contributed by atoms with Crippen molar-refractivity contribution in [3.8, 4) is 0 Å². The number of aliphatic hydroxyl groups excluding tert-OH is 1. The molecule has 0 amide bonds. The minimum absolute atomic E-state index is 0.117. The average molecular weight is 270 g/mol. The smallest absolute Gasteiger partial charge is 0.164 e. The number of unbranched alkanes of at least 4 members (excludes halogenated alkanes) is 7. The van der Waals surface area contributed by atoms with Crippen molar-refractivity contribution in [3.63, 3.8) is 0 Å². The summed E-state index contributed by atoms with van der Waals surface area (Å²) in [6, 6.07) is 0. The van der Waals surface area contributed by atoms with Gasteiger partial charge in [-0.1, -0.05) is 58.3 Å². The Bertz CT molecular complexity index is 230. The van der Waals surface area contributed by atoms with E-state index in [0.29, 0.717) is 12.0 Å². The molecule has 0 saturated carbocycles. The van der Waals surface area contributed by atoms with Crippen LogP contribution in [0.5, 0.6) is 0 Å². The molecule has 2 aliphatic rings. The van der Waals surface area contributed by atoms with Crippen molar-refractivity contribution >= 4 is 0 Å². The van der Waals surface area contributed by atoms with Crippen LogP contribution in [0.15, 0.2) is 0 Å². The molecular formula is C16H30O3. The molecule has 2 rings (SSSR count). The summed E-state index contributed by atoms with van der Waals surface area (Å²) in [7, 11) is 0. The summed E-state index contributed by atoms with van der Waals surface area (Å²) in [5.41, 5.74) is 0. The summed E-state index contributed by atoms with van der Waals surface area (Å²) in [6.45, 7) is 2.26. The van der Waals surface area contributed by atoms with Crippen molar-refractivity contribution in [3.05, 3.63) is 0 Å². The molecule has 2 aliphatic heterocycles. The summed E-state index contributed by atoms with van der Waals surface area (Å²) in [6.07, 6.45) is 13.6. The van der Waals surface area contributed by atoms with Gasteiger partial charge in [-0.25, -0.2) is 0 Å². The fourth-order valence-electron chi connectivity index (χ4n) is 3.32. The number of aliphatic hydroxyl groups is 1. The van der Waals surface area contributed by atoms with Crippen LogP contribution in [0.3, 0.4) is 0 Å². The molecule has 0 unspecified atom stereocenters. The quantitative estimate of drug-likeness (QED) is 0.644.